The highest BCUT2D eigenvalue weighted by atomic mass is 16.6. The molecule has 2 N–H and O–H groups in total. The van der Waals surface area contributed by atoms with Gasteiger partial charge in [-0.2, -0.15) is 5.10 Å². The van der Waals surface area contributed by atoms with Crippen LogP contribution in [0.3, 0.4) is 0 Å². The van der Waals surface area contributed by atoms with Crippen LogP contribution in [-0.2, 0) is 6.54 Å². The highest BCUT2D eigenvalue weighted by molar-refractivity contribution is 5.60. The van der Waals surface area contributed by atoms with E-state index in [1.54, 1.807) is 11.6 Å². The Hall–Kier alpha value is -1.63. The molecule has 0 saturated heterocycles. The van der Waals surface area contributed by atoms with Crippen LogP contribution in [0.15, 0.2) is 0 Å². The van der Waals surface area contributed by atoms with Crippen LogP contribution >= 0.6 is 0 Å². The van der Waals surface area contributed by atoms with Crippen molar-refractivity contribution in [3.63, 3.8) is 0 Å². The average Bonchev–Trinajstić information content (AvgIpc) is 2.64. The average molecular weight is 284 g/mol. The summed E-state index contributed by atoms with van der Waals surface area (Å²) in [5.74, 6) is 0.788. The molecule has 1 atom stereocenters. The molecule has 0 saturated carbocycles. The van der Waals surface area contributed by atoms with E-state index in [1.807, 2.05) is 20.8 Å². The third-order valence-electron chi connectivity index (χ3n) is 3.03. The maximum atomic E-state index is 11.2. The first-order chi connectivity index (χ1) is 9.40. The molecule has 0 amide bonds. The molecule has 1 heterocycles. The fraction of sp³-hybridized carbons (Fsp3) is 0.769. The minimum atomic E-state index is -0.416. The number of hydrogen-bond acceptors (Lipinski definition) is 5. The first-order valence-electron chi connectivity index (χ1n) is 6.99. The summed E-state index contributed by atoms with van der Waals surface area (Å²) in [7, 11) is 0. The smallest absolute Gasteiger partial charge is 0.333 e. The first kappa shape index (κ1) is 16.4. The van der Waals surface area contributed by atoms with E-state index in [0.717, 1.165) is 12.8 Å². The lowest BCUT2D eigenvalue weighted by atomic mass is 10.0. The van der Waals surface area contributed by atoms with E-state index in [9.17, 15) is 15.2 Å². The van der Waals surface area contributed by atoms with Gasteiger partial charge in [-0.05, 0) is 25.7 Å². The van der Waals surface area contributed by atoms with Crippen LogP contribution in [0.2, 0.25) is 0 Å². The maximum Gasteiger partial charge on any atom is 0.333 e. The van der Waals surface area contributed by atoms with Crippen LogP contribution in [-0.4, -0.2) is 32.5 Å². The van der Waals surface area contributed by atoms with Crippen molar-refractivity contribution in [2.75, 3.05) is 11.9 Å². The van der Waals surface area contributed by atoms with Gasteiger partial charge in [-0.1, -0.05) is 20.8 Å². The topological polar surface area (TPSA) is 93.2 Å². The Morgan fingerprint density at radius 3 is 2.60 bits per heavy atom. The highest BCUT2D eigenvalue weighted by Gasteiger charge is 2.26. The number of nitro groups is 1. The van der Waals surface area contributed by atoms with Crippen molar-refractivity contribution in [3.8, 4) is 0 Å². The Morgan fingerprint density at radius 2 is 2.15 bits per heavy atom. The van der Waals surface area contributed by atoms with Gasteiger partial charge >= 0.3 is 5.69 Å². The predicted molar refractivity (Wildman–Crippen MR) is 77.9 cm³/mol. The van der Waals surface area contributed by atoms with Gasteiger partial charge in [0.2, 0.25) is 5.82 Å². The molecule has 0 bridgehead atoms. The van der Waals surface area contributed by atoms with Gasteiger partial charge < -0.3 is 10.4 Å². The van der Waals surface area contributed by atoms with E-state index in [1.165, 1.54) is 0 Å². The highest BCUT2D eigenvalue weighted by Crippen LogP contribution is 2.29. The Kier molecular flexibility index (Phi) is 5.94. The number of aryl methyl sites for hydroxylation is 2. The summed E-state index contributed by atoms with van der Waals surface area (Å²) in [6.45, 7) is 8.26. The van der Waals surface area contributed by atoms with E-state index < -0.39 is 4.92 Å². The third kappa shape index (κ3) is 3.93. The quantitative estimate of drug-likeness (QED) is 0.564. The molecule has 0 spiro atoms. The fourth-order valence-corrected chi connectivity index (χ4v) is 2.25. The standard InChI is InChI=1S/C13H24N4O3/c1-5-6-16-13(12(17(19)20)10(4)15-16)14-11(8-18)7-9(2)3/h9,11,14,18H,5-8H2,1-4H3. The van der Waals surface area contributed by atoms with Crippen LogP contribution in [0.5, 0.6) is 0 Å². The molecule has 1 aromatic heterocycles. The van der Waals surface area contributed by atoms with Gasteiger partial charge in [0.25, 0.3) is 0 Å². The zero-order valence-electron chi connectivity index (χ0n) is 12.6. The van der Waals surface area contributed by atoms with E-state index in [4.69, 9.17) is 0 Å². The number of nitrogens with one attached hydrogen (secondary N) is 1. The normalized spacial score (nSPS) is 12.7. The SMILES string of the molecule is CCCn1nc(C)c([N+](=O)[O-])c1NC(CO)CC(C)C. The second-order valence-electron chi connectivity index (χ2n) is 5.42. The molecule has 0 fully saturated rings. The van der Waals surface area contributed by atoms with E-state index in [-0.39, 0.29) is 18.3 Å². The maximum absolute atomic E-state index is 11.2. The summed E-state index contributed by atoms with van der Waals surface area (Å²) in [5.41, 5.74) is 0.396. The van der Waals surface area contributed by atoms with Crippen molar-refractivity contribution >= 4 is 11.5 Å². The van der Waals surface area contributed by atoms with Crippen LogP contribution in [0, 0.1) is 23.0 Å². The minimum absolute atomic E-state index is 0.000608. The summed E-state index contributed by atoms with van der Waals surface area (Å²) in [6, 6.07) is -0.208. The molecule has 7 nitrogen and oxygen atoms in total. The molecule has 0 aromatic carbocycles. The Balaban J connectivity index is 3.09. The molecular weight excluding hydrogens is 260 g/mol. The lowest BCUT2D eigenvalue weighted by molar-refractivity contribution is -0.384. The van der Waals surface area contributed by atoms with Gasteiger partial charge in [0.05, 0.1) is 17.6 Å². The molecule has 1 rings (SSSR count). The molecule has 114 valence electrons. The summed E-state index contributed by atoms with van der Waals surface area (Å²) in [4.78, 5) is 10.8. The second-order valence-corrected chi connectivity index (χ2v) is 5.42. The first-order valence-corrected chi connectivity index (χ1v) is 6.99. The zero-order chi connectivity index (χ0) is 15.3. The monoisotopic (exact) mass is 284 g/mol. The van der Waals surface area contributed by atoms with Crippen molar-refractivity contribution < 1.29 is 10.0 Å². The summed E-state index contributed by atoms with van der Waals surface area (Å²) in [6.07, 6.45) is 1.57. The largest absolute Gasteiger partial charge is 0.394 e. The second kappa shape index (κ2) is 7.23. The van der Waals surface area contributed by atoms with E-state index in [0.29, 0.717) is 24.0 Å². The molecule has 0 aliphatic rings. The fourth-order valence-electron chi connectivity index (χ4n) is 2.25. The van der Waals surface area contributed by atoms with Crippen LogP contribution in [0.4, 0.5) is 11.5 Å². The van der Waals surface area contributed by atoms with Gasteiger partial charge in [0.1, 0.15) is 5.69 Å². The van der Waals surface area contributed by atoms with Crippen LogP contribution in [0.1, 0.15) is 39.3 Å². The zero-order valence-corrected chi connectivity index (χ0v) is 12.6. The van der Waals surface area contributed by atoms with Crippen LogP contribution in [0.25, 0.3) is 0 Å². The van der Waals surface area contributed by atoms with Gasteiger partial charge in [0, 0.05) is 6.54 Å². The Labute approximate surface area is 119 Å². The number of nitrogens with zero attached hydrogens (tertiary/aromatic N) is 3. The van der Waals surface area contributed by atoms with Gasteiger partial charge in [-0.3, -0.25) is 10.1 Å². The van der Waals surface area contributed by atoms with Crippen molar-refractivity contribution in [1.29, 1.82) is 0 Å². The van der Waals surface area contributed by atoms with Crippen molar-refractivity contribution in [2.45, 2.75) is 53.1 Å². The lowest BCUT2D eigenvalue weighted by Gasteiger charge is -2.19. The molecule has 0 radical (unpaired) electrons. The van der Waals surface area contributed by atoms with Crippen molar-refractivity contribution in [3.05, 3.63) is 15.8 Å². The molecule has 1 aromatic rings. The van der Waals surface area contributed by atoms with Crippen molar-refractivity contribution in [2.24, 2.45) is 5.92 Å². The minimum Gasteiger partial charge on any atom is -0.394 e. The Bertz CT molecular complexity index is 457. The van der Waals surface area contributed by atoms with E-state index in [2.05, 4.69) is 10.4 Å². The number of aliphatic hydroxyl groups is 1. The van der Waals surface area contributed by atoms with E-state index >= 15 is 0 Å². The molecule has 7 heteroatoms. The predicted octanol–water partition coefficient (Wildman–Crippen LogP) is 2.33. The van der Waals surface area contributed by atoms with Crippen LogP contribution < -0.4 is 5.32 Å². The molecule has 0 aliphatic carbocycles. The third-order valence-corrected chi connectivity index (χ3v) is 3.03. The van der Waals surface area contributed by atoms with Gasteiger partial charge in [0.15, 0.2) is 0 Å². The number of aromatic nitrogens is 2. The summed E-state index contributed by atoms with van der Waals surface area (Å²) >= 11 is 0. The lowest BCUT2D eigenvalue weighted by Crippen LogP contribution is -2.27. The molecule has 0 aliphatic heterocycles. The molecular formula is C13H24N4O3. The van der Waals surface area contributed by atoms with Gasteiger partial charge in [-0.15, -0.1) is 0 Å². The Morgan fingerprint density at radius 1 is 1.50 bits per heavy atom. The number of anilines is 1. The number of rotatable bonds is 8. The summed E-state index contributed by atoms with van der Waals surface area (Å²) < 4.78 is 1.62. The molecule has 1 unspecified atom stereocenters. The molecule has 20 heavy (non-hydrogen) atoms. The summed E-state index contributed by atoms with van der Waals surface area (Å²) in [5, 5.41) is 27.9. The number of hydrogen-bond donors (Lipinski definition) is 2. The van der Waals surface area contributed by atoms with Gasteiger partial charge in [-0.25, -0.2) is 4.68 Å². The number of aliphatic hydroxyl groups excluding tert-OH is 1. The van der Waals surface area contributed by atoms with Crippen molar-refractivity contribution in [1.82, 2.24) is 9.78 Å².